The summed E-state index contributed by atoms with van der Waals surface area (Å²) in [5.74, 6) is 0.467. The second-order valence-electron chi connectivity index (χ2n) is 2.54. The molecule has 0 saturated heterocycles. The van der Waals surface area contributed by atoms with Crippen LogP contribution in [0.3, 0.4) is 0 Å². The summed E-state index contributed by atoms with van der Waals surface area (Å²) in [6.45, 7) is 4.23. The smallest absolute Gasteiger partial charge is 0.151 e. The molecule has 1 aromatic rings. The van der Waals surface area contributed by atoms with Gasteiger partial charge in [-0.1, -0.05) is 19.1 Å². The Morgan fingerprint density at radius 2 is 2.10 bits per heavy atom. The molecule has 1 aromatic heterocycles. The molecule has 0 fully saturated rings. The molecule has 4 heteroatoms. The van der Waals surface area contributed by atoms with E-state index in [1.54, 1.807) is 4.68 Å². The zero-order chi connectivity index (χ0) is 7.72. The van der Waals surface area contributed by atoms with Crippen molar-refractivity contribution in [3.8, 4) is 0 Å². The van der Waals surface area contributed by atoms with Gasteiger partial charge in [-0.2, -0.15) is 0 Å². The Hall–Kier alpha value is -0.380. The lowest BCUT2D eigenvalue weighted by Gasteiger charge is -2.02. The number of nitrogens with zero attached hydrogens (tertiary/aromatic N) is 3. The Morgan fingerprint density at radius 1 is 1.50 bits per heavy atom. The molecule has 10 heavy (non-hydrogen) atoms. The molecule has 1 heterocycles. The van der Waals surface area contributed by atoms with E-state index < -0.39 is 0 Å². The molecule has 0 unspecified atom stereocenters. The van der Waals surface area contributed by atoms with Gasteiger partial charge in [-0.05, 0) is 21.8 Å². The van der Waals surface area contributed by atoms with E-state index >= 15 is 0 Å². The van der Waals surface area contributed by atoms with Crippen LogP contribution in [0.1, 0.15) is 25.5 Å². The fourth-order valence-corrected chi connectivity index (χ4v) is 1.74. The molecule has 0 bridgehead atoms. The highest BCUT2D eigenvalue weighted by Gasteiger charge is 2.10. The van der Waals surface area contributed by atoms with Crippen molar-refractivity contribution >= 4 is 15.9 Å². The average Bonchev–Trinajstić information content (AvgIpc) is 2.11. The second kappa shape index (κ2) is 2.70. The zero-order valence-electron chi connectivity index (χ0n) is 6.30. The van der Waals surface area contributed by atoms with Gasteiger partial charge in [-0.25, -0.2) is 0 Å². The van der Waals surface area contributed by atoms with Crippen LogP contribution in [0.4, 0.5) is 0 Å². The van der Waals surface area contributed by atoms with E-state index in [0.29, 0.717) is 5.92 Å². The summed E-state index contributed by atoms with van der Waals surface area (Å²) in [5.41, 5.74) is 1.14. The fraction of sp³-hybridized carbons (Fsp3) is 0.667. The number of aryl methyl sites for hydroxylation is 1. The first kappa shape index (κ1) is 7.72. The summed E-state index contributed by atoms with van der Waals surface area (Å²) >= 11 is 3.32. The van der Waals surface area contributed by atoms with E-state index in [1.807, 2.05) is 7.05 Å². The third kappa shape index (κ3) is 1.21. The van der Waals surface area contributed by atoms with Gasteiger partial charge in [0.05, 0.1) is 5.69 Å². The van der Waals surface area contributed by atoms with Gasteiger partial charge >= 0.3 is 0 Å². The van der Waals surface area contributed by atoms with Crippen LogP contribution >= 0.6 is 15.9 Å². The highest BCUT2D eigenvalue weighted by Crippen LogP contribution is 2.20. The van der Waals surface area contributed by atoms with Gasteiger partial charge in [0.1, 0.15) is 0 Å². The van der Waals surface area contributed by atoms with Crippen molar-refractivity contribution in [3.05, 3.63) is 10.3 Å². The summed E-state index contributed by atoms with van der Waals surface area (Å²) in [6.07, 6.45) is 0. The zero-order valence-corrected chi connectivity index (χ0v) is 7.88. The predicted molar refractivity (Wildman–Crippen MR) is 42.8 cm³/mol. The Kier molecular flexibility index (Phi) is 2.08. The largest absolute Gasteiger partial charge is 0.251 e. The maximum absolute atomic E-state index is 3.87. The van der Waals surface area contributed by atoms with E-state index in [1.165, 1.54) is 0 Å². The van der Waals surface area contributed by atoms with E-state index in [4.69, 9.17) is 0 Å². The maximum atomic E-state index is 3.87. The van der Waals surface area contributed by atoms with Crippen molar-refractivity contribution in [1.82, 2.24) is 15.0 Å². The highest BCUT2D eigenvalue weighted by atomic mass is 79.9. The second-order valence-corrected chi connectivity index (χ2v) is 3.29. The van der Waals surface area contributed by atoms with Gasteiger partial charge in [0.25, 0.3) is 0 Å². The summed E-state index contributed by atoms with van der Waals surface area (Å²) in [5, 5.41) is 7.72. The molecule has 0 amide bonds. The van der Waals surface area contributed by atoms with E-state index in [9.17, 15) is 0 Å². The van der Waals surface area contributed by atoms with Gasteiger partial charge in [0.15, 0.2) is 4.60 Å². The van der Waals surface area contributed by atoms with E-state index in [-0.39, 0.29) is 0 Å². The van der Waals surface area contributed by atoms with Gasteiger partial charge < -0.3 is 0 Å². The number of rotatable bonds is 1. The van der Waals surface area contributed by atoms with Crippen LogP contribution in [-0.4, -0.2) is 15.0 Å². The van der Waals surface area contributed by atoms with Crippen LogP contribution in [0, 0.1) is 0 Å². The molecule has 0 saturated carbocycles. The SMILES string of the molecule is CC(C)c1c(Br)nnn1C. The van der Waals surface area contributed by atoms with E-state index in [2.05, 4.69) is 40.1 Å². The minimum Gasteiger partial charge on any atom is -0.251 e. The topological polar surface area (TPSA) is 30.7 Å². The van der Waals surface area contributed by atoms with Gasteiger partial charge in [-0.3, -0.25) is 4.68 Å². The molecule has 3 nitrogen and oxygen atoms in total. The van der Waals surface area contributed by atoms with Crippen molar-refractivity contribution in [2.75, 3.05) is 0 Å². The Labute approximate surface area is 68.6 Å². The fourth-order valence-electron chi connectivity index (χ4n) is 0.951. The lowest BCUT2D eigenvalue weighted by Crippen LogP contribution is -1.99. The first-order valence-electron chi connectivity index (χ1n) is 3.18. The molecule has 0 aliphatic rings. The standard InChI is InChI=1S/C6H10BrN3/c1-4(2)5-6(7)8-9-10(5)3/h4H,1-3H3. The molecule has 0 spiro atoms. The summed E-state index contributed by atoms with van der Waals surface area (Å²) in [6, 6.07) is 0. The van der Waals surface area contributed by atoms with Gasteiger partial charge in [-0.15, -0.1) is 5.10 Å². The first-order valence-corrected chi connectivity index (χ1v) is 3.97. The van der Waals surface area contributed by atoms with Crippen LogP contribution in [0.5, 0.6) is 0 Å². The van der Waals surface area contributed by atoms with Crippen molar-refractivity contribution in [1.29, 1.82) is 0 Å². The molecule has 0 radical (unpaired) electrons. The molecular weight excluding hydrogens is 194 g/mol. The van der Waals surface area contributed by atoms with Crippen LogP contribution < -0.4 is 0 Å². The predicted octanol–water partition coefficient (Wildman–Crippen LogP) is 1.70. The maximum Gasteiger partial charge on any atom is 0.151 e. The Morgan fingerprint density at radius 3 is 2.30 bits per heavy atom. The summed E-state index contributed by atoms with van der Waals surface area (Å²) in [4.78, 5) is 0. The van der Waals surface area contributed by atoms with Crippen molar-refractivity contribution in [2.24, 2.45) is 7.05 Å². The van der Waals surface area contributed by atoms with Crippen LogP contribution in [0.25, 0.3) is 0 Å². The van der Waals surface area contributed by atoms with Gasteiger partial charge in [0.2, 0.25) is 0 Å². The number of hydrogen-bond acceptors (Lipinski definition) is 2. The number of halogens is 1. The average molecular weight is 204 g/mol. The normalized spacial score (nSPS) is 10.9. The molecule has 56 valence electrons. The lowest BCUT2D eigenvalue weighted by molar-refractivity contribution is 0.648. The lowest BCUT2D eigenvalue weighted by atomic mass is 10.1. The van der Waals surface area contributed by atoms with Crippen LogP contribution in [-0.2, 0) is 7.05 Å². The number of hydrogen-bond donors (Lipinski definition) is 0. The summed E-state index contributed by atoms with van der Waals surface area (Å²) in [7, 11) is 1.90. The molecule has 0 N–H and O–H groups in total. The van der Waals surface area contributed by atoms with Crippen LogP contribution in [0.15, 0.2) is 4.60 Å². The Bertz CT molecular complexity index is 209. The third-order valence-corrected chi connectivity index (χ3v) is 1.94. The van der Waals surface area contributed by atoms with Gasteiger partial charge in [0, 0.05) is 7.05 Å². The highest BCUT2D eigenvalue weighted by molar-refractivity contribution is 9.10. The summed E-state index contributed by atoms with van der Waals surface area (Å²) < 4.78 is 2.64. The monoisotopic (exact) mass is 203 g/mol. The molecule has 0 atom stereocenters. The molecule has 0 aromatic carbocycles. The van der Waals surface area contributed by atoms with Crippen molar-refractivity contribution < 1.29 is 0 Å². The first-order chi connectivity index (χ1) is 4.63. The van der Waals surface area contributed by atoms with Crippen molar-refractivity contribution in [3.63, 3.8) is 0 Å². The molecule has 0 aliphatic carbocycles. The quantitative estimate of drug-likeness (QED) is 0.696. The third-order valence-electron chi connectivity index (χ3n) is 1.37. The molecule has 1 rings (SSSR count). The van der Waals surface area contributed by atoms with E-state index in [0.717, 1.165) is 10.3 Å². The minimum atomic E-state index is 0.467. The van der Waals surface area contributed by atoms with Crippen LogP contribution in [0.2, 0.25) is 0 Å². The Balaban J connectivity index is 3.10. The number of aromatic nitrogens is 3. The molecule has 0 aliphatic heterocycles. The minimum absolute atomic E-state index is 0.467. The van der Waals surface area contributed by atoms with Crippen molar-refractivity contribution in [2.45, 2.75) is 19.8 Å². The molecular formula is C6H10BrN3.